The summed E-state index contributed by atoms with van der Waals surface area (Å²) in [5.41, 5.74) is -1.34. The van der Waals surface area contributed by atoms with Crippen LogP contribution < -0.4 is 5.32 Å². The molecule has 3 aromatic rings. The summed E-state index contributed by atoms with van der Waals surface area (Å²) in [5, 5.41) is 18.9. The summed E-state index contributed by atoms with van der Waals surface area (Å²) >= 11 is 1.43. The fourth-order valence-electron chi connectivity index (χ4n) is 2.92. The molecule has 2 aromatic heterocycles. The molecule has 2 N–H and O–H groups in total. The van der Waals surface area contributed by atoms with E-state index >= 15 is 0 Å². The van der Waals surface area contributed by atoms with E-state index in [2.05, 4.69) is 27.2 Å². The molecule has 0 saturated heterocycles. The number of nitrogens with one attached hydrogen (secondary N) is 1. The van der Waals surface area contributed by atoms with Crippen molar-refractivity contribution >= 4 is 22.0 Å². The summed E-state index contributed by atoms with van der Waals surface area (Å²) in [7, 11) is 0. The maximum absolute atomic E-state index is 14.4. The van der Waals surface area contributed by atoms with Gasteiger partial charge in [0.25, 0.3) is 0 Å². The third-order valence-corrected chi connectivity index (χ3v) is 5.39. The molecule has 1 atom stereocenters. The number of hydrogen-bond acceptors (Lipinski definition) is 5. The first-order valence-electron chi connectivity index (χ1n) is 8.69. The highest BCUT2D eigenvalue weighted by atomic mass is 32.1. The zero-order chi connectivity index (χ0) is 20.1. The number of thiophene rings is 1. The summed E-state index contributed by atoms with van der Waals surface area (Å²) in [6.45, 7) is 9.22. The van der Waals surface area contributed by atoms with Gasteiger partial charge in [-0.05, 0) is 23.4 Å². The molecule has 0 amide bonds. The second kappa shape index (κ2) is 8.46. The highest BCUT2D eigenvalue weighted by Crippen LogP contribution is 2.37. The zero-order valence-corrected chi connectivity index (χ0v) is 16.0. The first kappa shape index (κ1) is 19.9. The van der Waals surface area contributed by atoms with E-state index in [1.54, 1.807) is 0 Å². The van der Waals surface area contributed by atoms with Gasteiger partial charge in [-0.2, -0.15) is 5.10 Å². The van der Waals surface area contributed by atoms with Gasteiger partial charge in [-0.1, -0.05) is 19.4 Å². The Morgan fingerprint density at radius 2 is 2.18 bits per heavy atom. The minimum absolute atomic E-state index is 0.0633. The van der Waals surface area contributed by atoms with Gasteiger partial charge in [-0.15, -0.1) is 11.3 Å². The van der Waals surface area contributed by atoms with Gasteiger partial charge in [0.2, 0.25) is 5.69 Å². The lowest BCUT2D eigenvalue weighted by Gasteiger charge is -2.29. The lowest BCUT2D eigenvalue weighted by atomic mass is 9.93. The van der Waals surface area contributed by atoms with Crippen LogP contribution in [0.3, 0.4) is 0 Å². The molecule has 0 fully saturated rings. The average Bonchev–Trinajstić information content (AvgIpc) is 3.29. The van der Waals surface area contributed by atoms with E-state index in [0.29, 0.717) is 10.7 Å². The number of nitrogens with zero attached hydrogens (tertiary/aromatic N) is 4. The van der Waals surface area contributed by atoms with Crippen LogP contribution in [-0.2, 0) is 18.6 Å². The number of hydrogen-bond donors (Lipinski definition) is 2. The summed E-state index contributed by atoms with van der Waals surface area (Å²) < 4.78 is 29.1. The highest BCUT2D eigenvalue weighted by molar-refractivity contribution is 7.16. The molecule has 0 radical (unpaired) electrons. The standard InChI is InChI=1S/C19H19F2N5OS/c1-3-4-14-8-17(22-2)18(28-14)24-9-19(27,10-26-12-23-11-25-26)15-6-5-13(20)7-16(15)21/h5-8,11-12,24,27H,3-4,9-10H2,1H3. The first-order valence-corrected chi connectivity index (χ1v) is 9.51. The van der Waals surface area contributed by atoms with Gasteiger partial charge in [0.1, 0.15) is 29.9 Å². The van der Waals surface area contributed by atoms with Crippen molar-refractivity contribution in [2.45, 2.75) is 31.9 Å². The molecular formula is C19H19F2N5OS. The van der Waals surface area contributed by atoms with E-state index in [9.17, 15) is 13.9 Å². The molecule has 0 aliphatic carbocycles. The quantitative estimate of drug-likeness (QED) is 0.555. The van der Waals surface area contributed by atoms with E-state index in [0.717, 1.165) is 29.9 Å². The van der Waals surface area contributed by atoms with Crippen molar-refractivity contribution in [3.05, 3.63) is 70.4 Å². The largest absolute Gasteiger partial charge is 0.382 e. The van der Waals surface area contributed by atoms with Crippen LogP contribution in [0.4, 0.5) is 19.5 Å². The smallest absolute Gasteiger partial charge is 0.220 e. The van der Waals surface area contributed by atoms with Crippen LogP contribution in [0.25, 0.3) is 4.85 Å². The van der Waals surface area contributed by atoms with Crippen molar-refractivity contribution in [2.24, 2.45) is 0 Å². The van der Waals surface area contributed by atoms with Crippen LogP contribution in [0.1, 0.15) is 23.8 Å². The van der Waals surface area contributed by atoms with Crippen LogP contribution >= 0.6 is 11.3 Å². The minimum atomic E-state index is -1.74. The van der Waals surface area contributed by atoms with Crippen molar-refractivity contribution < 1.29 is 13.9 Å². The molecule has 146 valence electrons. The van der Waals surface area contributed by atoms with Gasteiger partial charge in [-0.25, -0.2) is 23.3 Å². The predicted molar refractivity (Wildman–Crippen MR) is 103 cm³/mol. The van der Waals surface area contributed by atoms with Gasteiger partial charge in [-0.3, -0.25) is 0 Å². The molecule has 0 aliphatic heterocycles. The summed E-state index contributed by atoms with van der Waals surface area (Å²) in [4.78, 5) is 8.41. The maximum atomic E-state index is 14.4. The predicted octanol–water partition coefficient (Wildman–Crippen LogP) is 4.12. The lowest BCUT2D eigenvalue weighted by molar-refractivity contribution is 0.0248. The Morgan fingerprint density at radius 3 is 2.82 bits per heavy atom. The van der Waals surface area contributed by atoms with E-state index in [1.807, 2.05) is 6.07 Å². The summed E-state index contributed by atoms with van der Waals surface area (Å²) in [5.74, 6) is -1.58. The van der Waals surface area contributed by atoms with Crippen molar-refractivity contribution in [1.82, 2.24) is 14.8 Å². The Hall–Kier alpha value is -2.83. The van der Waals surface area contributed by atoms with Gasteiger partial charge in [0, 0.05) is 18.2 Å². The second-order valence-corrected chi connectivity index (χ2v) is 7.53. The summed E-state index contributed by atoms with van der Waals surface area (Å²) in [6, 6.07) is 4.87. The maximum Gasteiger partial charge on any atom is 0.220 e. The fraction of sp³-hybridized carbons (Fsp3) is 0.316. The van der Waals surface area contributed by atoms with Crippen LogP contribution in [0.5, 0.6) is 0 Å². The number of aromatic nitrogens is 3. The Kier molecular flexibility index (Phi) is 6.02. The van der Waals surface area contributed by atoms with E-state index in [4.69, 9.17) is 6.57 Å². The Balaban J connectivity index is 1.91. The monoisotopic (exact) mass is 403 g/mol. The zero-order valence-electron chi connectivity index (χ0n) is 15.2. The van der Waals surface area contributed by atoms with Gasteiger partial charge >= 0.3 is 0 Å². The third-order valence-electron chi connectivity index (χ3n) is 4.24. The molecule has 3 rings (SSSR count). The minimum Gasteiger partial charge on any atom is -0.382 e. The molecule has 0 saturated carbocycles. The van der Waals surface area contributed by atoms with Gasteiger partial charge in [0.05, 0.1) is 18.1 Å². The van der Waals surface area contributed by atoms with Crippen LogP contribution in [-0.4, -0.2) is 26.4 Å². The van der Waals surface area contributed by atoms with Crippen molar-refractivity contribution in [3.8, 4) is 0 Å². The van der Waals surface area contributed by atoms with Crippen molar-refractivity contribution in [2.75, 3.05) is 11.9 Å². The topological polar surface area (TPSA) is 67.3 Å². The molecule has 0 spiro atoms. The van der Waals surface area contributed by atoms with Gasteiger partial charge < -0.3 is 10.4 Å². The molecule has 6 nitrogen and oxygen atoms in total. The Bertz CT molecular complexity index is 983. The normalized spacial score (nSPS) is 13.1. The molecule has 9 heteroatoms. The first-order chi connectivity index (χ1) is 13.4. The van der Waals surface area contributed by atoms with Crippen LogP contribution in [0.15, 0.2) is 36.9 Å². The Morgan fingerprint density at radius 1 is 1.36 bits per heavy atom. The number of aryl methyl sites for hydroxylation is 1. The molecule has 1 aromatic carbocycles. The van der Waals surface area contributed by atoms with Crippen molar-refractivity contribution in [3.63, 3.8) is 0 Å². The van der Waals surface area contributed by atoms with E-state index in [1.165, 1.54) is 34.7 Å². The molecule has 0 bridgehead atoms. The highest BCUT2D eigenvalue weighted by Gasteiger charge is 2.34. The van der Waals surface area contributed by atoms with E-state index in [-0.39, 0.29) is 18.7 Å². The van der Waals surface area contributed by atoms with Crippen LogP contribution in [0.2, 0.25) is 0 Å². The number of halogens is 2. The molecule has 1 unspecified atom stereocenters. The number of benzene rings is 1. The molecule has 0 aliphatic rings. The molecule has 2 heterocycles. The van der Waals surface area contributed by atoms with Crippen molar-refractivity contribution in [1.29, 1.82) is 0 Å². The SMILES string of the molecule is [C-]#[N+]c1cc(CCC)sc1NCC(O)(Cn1cncn1)c1ccc(F)cc1F. The third kappa shape index (κ3) is 4.35. The molecular weight excluding hydrogens is 384 g/mol. The fourth-order valence-corrected chi connectivity index (χ4v) is 4.01. The lowest BCUT2D eigenvalue weighted by Crippen LogP contribution is -2.39. The number of rotatable bonds is 8. The van der Waals surface area contributed by atoms with Crippen LogP contribution in [0, 0.1) is 18.2 Å². The number of anilines is 1. The average molecular weight is 403 g/mol. The molecule has 28 heavy (non-hydrogen) atoms. The van der Waals surface area contributed by atoms with Gasteiger partial charge in [0.15, 0.2) is 0 Å². The summed E-state index contributed by atoms with van der Waals surface area (Å²) in [6.07, 6.45) is 4.52. The van der Waals surface area contributed by atoms with E-state index < -0.39 is 17.2 Å². The Labute approximate surface area is 165 Å². The number of aliphatic hydroxyl groups is 1. The second-order valence-electron chi connectivity index (χ2n) is 6.39.